The van der Waals surface area contributed by atoms with E-state index in [1.165, 1.54) is 30.3 Å². The molecule has 0 aliphatic carbocycles. The van der Waals surface area contributed by atoms with E-state index in [2.05, 4.69) is 10.1 Å². The lowest BCUT2D eigenvalue weighted by Gasteiger charge is -1.98. The Morgan fingerprint density at radius 1 is 0.800 bits per heavy atom. The highest BCUT2D eigenvalue weighted by atomic mass is 16.5. The average Bonchev–Trinajstić information content (AvgIpc) is 2.87. The predicted octanol–water partition coefficient (Wildman–Crippen LogP) is 2.52. The van der Waals surface area contributed by atoms with Gasteiger partial charge in [-0.1, -0.05) is 17.3 Å². The maximum absolute atomic E-state index is 9.43. The molecular formula is C14H10N2O4. The Hall–Kier alpha value is -3.02. The van der Waals surface area contributed by atoms with Crippen LogP contribution in [0.5, 0.6) is 17.2 Å². The van der Waals surface area contributed by atoms with Crippen molar-refractivity contribution in [2.45, 2.75) is 0 Å². The summed E-state index contributed by atoms with van der Waals surface area (Å²) in [5.41, 5.74) is 1.01. The molecule has 6 nitrogen and oxygen atoms in total. The van der Waals surface area contributed by atoms with E-state index >= 15 is 0 Å². The summed E-state index contributed by atoms with van der Waals surface area (Å²) in [6.45, 7) is 0. The summed E-state index contributed by atoms with van der Waals surface area (Å²) in [5.74, 6) is 0.367. The average molecular weight is 270 g/mol. The number of aromatic nitrogens is 2. The second-order valence-electron chi connectivity index (χ2n) is 4.21. The van der Waals surface area contributed by atoms with Crippen LogP contribution >= 0.6 is 0 Å². The van der Waals surface area contributed by atoms with E-state index in [1.807, 2.05) is 0 Å². The Balaban J connectivity index is 2.02. The van der Waals surface area contributed by atoms with E-state index in [1.54, 1.807) is 12.1 Å². The number of rotatable bonds is 2. The Morgan fingerprint density at radius 2 is 1.50 bits per heavy atom. The first kappa shape index (κ1) is 12.0. The Labute approximate surface area is 113 Å². The first-order valence-corrected chi connectivity index (χ1v) is 5.78. The quantitative estimate of drug-likeness (QED) is 0.661. The van der Waals surface area contributed by atoms with Crippen molar-refractivity contribution in [1.29, 1.82) is 0 Å². The van der Waals surface area contributed by atoms with Gasteiger partial charge >= 0.3 is 0 Å². The van der Waals surface area contributed by atoms with Gasteiger partial charge in [-0.05, 0) is 24.3 Å². The third-order valence-electron chi connectivity index (χ3n) is 2.68. The molecule has 0 radical (unpaired) electrons. The van der Waals surface area contributed by atoms with Gasteiger partial charge in [0.1, 0.15) is 17.2 Å². The maximum Gasteiger partial charge on any atom is 0.258 e. The molecule has 0 aliphatic heterocycles. The molecule has 3 N–H and O–H groups in total. The molecule has 1 aromatic heterocycles. The van der Waals surface area contributed by atoms with Crippen molar-refractivity contribution in [1.82, 2.24) is 10.1 Å². The zero-order chi connectivity index (χ0) is 14.1. The molecule has 0 aliphatic rings. The standard InChI is InChI=1S/C14H10N2O4/c17-10-3-1-2-8(4-10)13-15-14(20-16-13)9-5-11(18)7-12(19)6-9/h1-7,17-19H. The number of phenols is 3. The minimum atomic E-state index is -0.0999. The predicted molar refractivity (Wildman–Crippen MR) is 70.2 cm³/mol. The number of phenolic OH excluding ortho intramolecular Hbond substituents is 3. The number of aromatic hydroxyl groups is 3. The molecule has 20 heavy (non-hydrogen) atoms. The highest BCUT2D eigenvalue weighted by Crippen LogP contribution is 2.29. The van der Waals surface area contributed by atoms with Gasteiger partial charge in [0.25, 0.3) is 5.89 Å². The fourth-order valence-electron chi connectivity index (χ4n) is 1.82. The van der Waals surface area contributed by atoms with Crippen LogP contribution in [-0.4, -0.2) is 25.5 Å². The van der Waals surface area contributed by atoms with Crippen molar-refractivity contribution in [3.63, 3.8) is 0 Å². The zero-order valence-corrected chi connectivity index (χ0v) is 10.2. The summed E-state index contributed by atoms with van der Waals surface area (Å²) in [4.78, 5) is 4.16. The van der Waals surface area contributed by atoms with E-state index in [0.29, 0.717) is 17.0 Å². The van der Waals surface area contributed by atoms with Gasteiger partial charge in [-0.3, -0.25) is 0 Å². The largest absolute Gasteiger partial charge is 0.508 e. The molecule has 0 fully saturated rings. The zero-order valence-electron chi connectivity index (χ0n) is 10.2. The number of hydrogen-bond acceptors (Lipinski definition) is 6. The number of hydrogen-bond donors (Lipinski definition) is 3. The fraction of sp³-hybridized carbons (Fsp3) is 0. The van der Waals surface area contributed by atoms with Gasteiger partial charge in [-0.25, -0.2) is 0 Å². The van der Waals surface area contributed by atoms with E-state index in [4.69, 9.17) is 4.52 Å². The lowest BCUT2D eigenvalue weighted by molar-refractivity contribution is 0.428. The molecule has 0 spiro atoms. The van der Waals surface area contributed by atoms with Crippen molar-refractivity contribution >= 4 is 0 Å². The summed E-state index contributed by atoms with van der Waals surface area (Å²) in [6.07, 6.45) is 0. The van der Waals surface area contributed by atoms with Crippen LogP contribution in [-0.2, 0) is 0 Å². The molecule has 0 amide bonds. The second-order valence-corrected chi connectivity index (χ2v) is 4.21. The van der Waals surface area contributed by atoms with Gasteiger partial charge in [-0.2, -0.15) is 4.98 Å². The lowest BCUT2D eigenvalue weighted by atomic mass is 10.2. The van der Waals surface area contributed by atoms with Crippen LogP contribution in [0.3, 0.4) is 0 Å². The molecule has 100 valence electrons. The molecule has 6 heteroatoms. The van der Waals surface area contributed by atoms with Gasteiger partial charge in [0.2, 0.25) is 5.82 Å². The SMILES string of the molecule is Oc1cccc(-c2noc(-c3cc(O)cc(O)c3)n2)c1. The molecule has 2 aromatic carbocycles. The first-order chi connectivity index (χ1) is 9.61. The van der Waals surface area contributed by atoms with Crippen LogP contribution in [0.15, 0.2) is 47.0 Å². The Morgan fingerprint density at radius 3 is 2.20 bits per heavy atom. The third-order valence-corrected chi connectivity index (χ3v) is 2.68. The highest BCUT2D eigenvalue weighted by Gasteiger charge is 2.12. The topological polar surface area (TPSA) is 99.6 Å². The van der Waals surface area contributed by atoms with Crippen molar-refractivity contribution < 1.29 is 19.8 Å². The third kappa shape index (κ3) is 2.26. The van der Waals surface area contributed by atoms with E-state index in [0.717, 1.165) is 0 Å². The van der Waals surface area contributed by atoms with E-state index in [9.17, 15) is 15.3 Å². The van der Waals surface area contributed by atoms with Gasteiger partial charge < -0.3 is 19.8 Å². The molecule has 0 atom stereocenters. The molecular weight excluding hydrogens is 260 g/mol. The molecule has 0 unspecified atom stereocenters. The van der Waals surface area contributed by atoms with Crippen LogP contribution in [0.25, 0.3) is 22.8 Å². The second kappa shape index (κ2) is 4.58. The number of benzene rings is 2. The monoisotopic (exact) mass is 270 g/mol. The fourth-order valence-corrected chi connectivity index (χ4v) is 1.82. The minimum absolute atomic E-state index is 0.0999. The Bertz CT molecular complexity index is 747. The highest BCUT2D eigenvalue weighted by molar-refractivity contribution is 5.63. The summed E-state index contributed by atoms with van der Waals surface area (Å²) in [5, 5.41) is 32.1. The Kier molecular flexibility index (Phi) is 2.76. The van der Waals surface area contributed by atoms with Crippen molar-refractivity contribution in [2.75, 3.05) is 0 Å². The molecule has 0 bridgehead atoms. The van der Waals surface area contributed by atoms with Crippen LogP contribution in [0.4, 0.5) is 0 Å². The van der Waals surface area contributed by atoms with Crippen LogP contribution in [0.2, 0.25) is 0 Å². The van der Waals surface area contributed by atoms with Gasteiger partial charge in [0.05, 0.1) is 0 Å². The normalized spacial score (nSPS) is 10.6. The maximum atomic E-state index is 9.43. The lowest BCUT2D eigenvalue weighted by Crippen LogP contribution is -1.81. The summed E-state index contributed by atoms with van der Waals surface area (Å²) in [7, 11) is 0. The van der Waals surface area contributed by atoms with Gasteiger partial charge in [-0.15, -0.1) is 0 Å². The van der Waals surface area contributed by atoms with Crippen LogP contribution < -0.4 is 0 Å². The molecule has 1 heterocycles. The molecule has 3 aromatic rings. The molecule has 0 saturated heterocycles. The van der Waals surface area contributed by atoms with Crippen molar-refractivity contribution in [3.8, 4) is 40.1 Å². The van der Waals surface area contributed by atoms with E-state index < -0.39 is 0 Å². The first-order valence-electron chi connectivity index (χ1n) is 5.78. The van der Waals surface area contributed by atoms with Gasteiger partial charge in [0, 0.05) is 17.2 Å². The summed E-state index contributed by atoms with van der Waals surface area (Å²) >= 11 is 0. The summed E-state index contributed by atoms with van der Waals surface area (Å²) < 4.78 is 5.09. The smallest absolute Gasteiger partial charge is 0.258 e. The summed E-state index contributed by atoms with van der Waals surface area (Å²) in [6, 6.07) is 10.5. The molecule has 0 saturated carbocycles. The van der Waals surface area contributed by atoms with Gasteiger partial charge in [0.15, 0.2) is 0 Å². The minimum Gasteiger partial charge on any atom is -0.508 e. The van der Waals surface area contributed by atoms with Crippen molar-refractivity contribution in [3.05, 3.63) is 42.5 Å². The van der Waals surface area contributed by atoms with Crippen LogP contribution in [0.1, 0.15) is 0 Å². The number of nitrogens with zero attached hydrogens (tertiary/aromatic N) is 2. The van der Waals surface area contributed by atoms with Crippen molar-refractivity contribution in [2.24, 2.45) is 0 Å². The molecule has 3 rings (SSSR count). The van der Waals surface area contributed by atoms with Crippen LogP contribution in [0, 0.1) is 0 Å². The van der Waals surface area contributed by atoms with E-state index in [-0.39, 0.29) is 23.1 Å².